The summed E-state index contributed by atoms with van der Waals surface area (Å²) < 4.78 is 201. The van der Waals surface area contributed by atoms with Gasteiger partial charge in [0, 0.05) is 25.0 Å². The molecule has 5 aromatic carbocycles. The highest BCUT2D eigenvalue weighted by Gasteiger charge is 2.25. The lowest BCUT2D eigenvalue weighted by atomic mass is 10.2. The van der Waals surface area contributed by atoms with Crippen molar-refractivity contribution in [2.24, 2.45) is 0 Å². The number of pyridine rings is 1. The average Bonchev–Trinajstić information content (AvgIpc) is 0.830. The van der Waals surface area contributed by atoms with E-state index in [4.69, 9.17) is 77.7 Å². The molecule has 612 valence electrons. The van der Waals surface area contributed by atoms with E-state index in [2.05, 4.69) is 65.7 Å². The van der Waals surface area contributed by atoms with Crippen molar-refractivity contribution < 1.29 is 94.2 Å². The van der Waals surface area contributed by atoms with Crippen LogP contribution in [0.5, 0.6) is 64.2 Å². The minimum absolute atomic E-state index is 0.0471. The molecule has 0 saturated carbocycles. The van der Waals surface area contributed by atoms with Crippen molar-refractivity contribution in [2.75, 3.05) is 48.9 Å². The summed E-state index contributed by atoms with van der Waals surface area (Å²) >= 11 is 12.1. The van der Waals surface area contributed by atoms with Crippen molar-refractivity contribution in [1.82, 2.24) is 44.9 Å². The number of aromatic nitrogens is 9. The largest absolute Gasteiger partial charge is 0.489 e. The van der Waals surface area contributed by atoms with Crippen LogP contribution >= 0.6 is 23.2 Å². The Kier molecular flexibility index (Phi) is 32.6. The number of hydrogen-bond donors (Lipinski definition) is 3. The predicted molar refractivity (Wildman–Crippen MR) is 416 cm³/mol. The highest BCUT2D eigenvalue weighted by Crippen LogP contribution is 2.40. The fraction of sp³-hybridized carbons (Fsp3) is 0.293. The number of ether oxygens (including phenoxy) is 9. The fourth-order valence-electron chi connectivity index (χ4n) is 8.78. The number of nitrogens with zero attached hydrogens (tertiary/aromatic N) is 11. The van der Waals surface area contributed by atoms with Crippen molar-refractivity contribution in [3.8, 4) is 70.2 Å². The van der Waals surface area contributed by atoms with Crippen LogP contribution < -0.4 is 58.6 Å². The second kappa shape index (κ2) is 40.8. The number of anilines is 6. The summed E-state index contributed by atoms with van der Waals surface area (Å²) in [5, 5.41) is 17.7. The van der Waals surface area contributed by atoms with E-state index < -0.39 is 75.9 Å². The van der Waals surface area contributed by atoms with Crippen molar-refractivity contribution >= 4 is 92.8 Å². The average molecular weight is 1700 g/mol. The minimum atomic E-state index is -3.56. The Morgan fingerprint density at radius 2 is 0.913 bits per heavy atom. The lowest BCUT2D eigenvalue weighted by Gasteiger charge is -2.22. The van der Waals surface area contributed by atoms with Gasteiger partial charge in [-0.1, -0.05) is 29.3 Å². The van der Waals surface area contributed by atoms with Gasteiger partial charge in [0.25, 0.3) is 35.3 Å². The Balaban J connectivity index is 0.000000224. The number of sulfone groups is 3. The van der Waals surface area contributed by atoms with Crippen LogP contribution in [0.2, 0.25) is 10.0 Å². The predicted octanol–water partition coefficient (Wildman–Crippen LogP) is 17.2. The molecule has 0 unspecified atom stereocenters. The molecule has 115 heavy (non-hydrogen) atoms. The molecule has 0 bridgehead atoms. The molecule has 0 aliphatic heterocycles. The van der Waals surface area contributed by atoms with Gasteiger partial charge in [-0.25, -0.2) is 67.6 Å². The van der Waals surface area contributed by atoms with E-state index in [0.29, 0.717) is 33.7 Å². The number of nitrogens with one attached hydrogen (secondary N) is 3. The van der Waals surface area contributed by atoms with E-state index >= 15 is 0 Å². The maximum atomic E-state index is 14.3. The van der Waals surface area contributed by atoms with Gasteiger partial charge in [0.05, 0.1) is 110 Å². The van der Waals surface area contributed by atoms with Crippen LogP contribution in [0.4, 0.5) is 66.4 Å². The Morgan fingerprint density at radius 1 is 0.470 bits per heavy atom. The highest BCUT2D eigenvalue weighted by atomic mass is 35.5. The molecule has 10 rings (SSSR count). The molecular weight excluding hydrogens is 1620 g/mol. The zero-order chi connectivity index (χ0) is 85.6. The van der Waals surface area contributed by atoms with Crippen LogP contribution in [0.1, 0.15) is 87.3 Å². The summed E-state index contributed by atoms with van der Waals surface area (Å²) in [6.07, 6.45) is 8.39. The normalized spacial score (nSPS) is 11.2. The first-order chi connectivity index (χ1) is 53.8. The van der Waals surface area contributed by atoms with Crippen LogP contribution in [-0.2, 0) is 29.5 Å². The molecule has 0 atom stereocenters. The minimum Gasteiger partial charge on any atom is -0.489 e. The maximum absolute atomic E-state index is 14.3. The Labute approximate surface area is 670 Å². The van der Waals surface area contributed by atoms with Crippen LogP contribution in [0, 0.1) is 59.7 Å². The molecule has 10 aromatic rings. The lowest BCUT2D eigenvalue weighted by Crippen LogP contribution is -2.24. The summed E-state index contributed by atoms with van der Waals surface area (Å²) in [5.74, 6) is -4.57. The van der Waals surface area contributed by atoms with Gasteiger partial charge < -0.3 is 58.6 Å². The van der Waals surface area contributed by atoms with E-state index in [1.807, 2.05) is 54.5 Å². The molecule has 0 spiro atoms. The fourth-order valence-corrected chi connectivity index (χ4v) is 11.2. The monoisotopic (exact) mass is 1690 g/mol. The SMILES string of the molecule is CC(C)Oc1ncnc(Oc2ccc(S(C)(=O)=O)cc2F)c1F.COc1c(Nc2ccc(S(C)(=O)=O)cc2F)ncnc1OC(C)C.COc1c(Oc2ccc(S(C)(=O)=O)cc2F)ncnc1OC(C)C.Cc1c(Nc2c(F)cc(C#N)cc2Cl)ncnc1OC(C)(C)C.[C-]#[N+]c1ccc(Nc2ccnc(OC(C)C)c2F)c(Cl)c1. The van der Waals surface area contributed by atoms with E-state index in [9.17, 15) is 51.6 Å². The highest BCUT2D eigenvalue weighted by molar-refractivity contribution is 7.91. The third-order valence-corrected chi connectivity index (χ3v) is 17.7. The van der Waals surface area contributed by atoms with E-state index in [1.54, 1.807) is 46.8 Å². The Hall–Kier alpha value is -11.8. The van der Waals surface area contributed by atoms with Crippen LogP contribution in [0.25, 0.3) is 4.85 Å². The molecule has 3 N–H and O–H groups in total. The van der Waals surface area contributed by atoms with Crippen molar-refractivity contribution in [3.05, 3.63) is 190 Å². The molecule has 40 heteroatoms. The molecule has 0 saturated heterocycles. The molecule has 29 nitrogen and oxygen atoms in total. The number of benzene rings is 5. The summed E-state index contributed by atoms with van der Waals surface area (Å²) in [5.41, 5.74) is 1.58. The molecular formula is C75H78Cl2F6N14O15S3. The van der Waals surface area contributed by atoms with Gasteiger partial charge in [-0.05, 0) is 168 Å². The number of halogens is 8. The first-order valence-electron chi connectivity index (χ1n) is 33.7. The van der Waals surface area contributed by atoms with Crippen LogP contribution in [0.15, 0.2) is 137 Å². The Morgan fingerprint density at radius 3 is 1.38 bits per heavy atom. The van der Waals surface area contributed by atoms with Gasteiger partial charge in [-0.3, -0.25) is 0 Å². The lowest BCUT2D eigenvalue weighted by molar-refractivity contribution is 0.123. The van der Waals surface area contributed by atoms with E-state index in [-0.39, 0.29) is 125 Å². The number of rotatable bonds is 24. The summed E-state index contributed by atoms with van der Waals surface area (Å²) in [7, 11) is -7.76. The number of hydrogen-bond acceptors (Lipinski definition) is 28. The van der Waals surface area contributed by atoms with Crippen LogP contribution in [-0.4, -0.2) is 133 Å². The molecule has 5 aromatic heterocycles. The van der Waals surface area contributed by atoms with E-state index in [1.165, 1.54) is 81.9 Å². The summed E-state index contributed by atoms with van der Waals surface area (Å²) in [6.45, 7) is 28.6. The standard InChI is InChI=1S/C16H16ClFN4O.C15H13ClFN3O.C15H18FN3O4S.C15H17FN2O5S.C14H14F2N2O4S/c1-9-14(20-8-21-15(9)23-16(2,3)4)22-13-11(17)5-10(7-19)6-12(13)18;1-9(2)21-15-14(17)13(6-7-19-15)20-12-5-4-10(18-3)8-11(12)16;1-9(2)23-15-13(22-3)14(17-8-18-15)19-12-6-5-10(7-11(12)16)24(4,20)21;1-9(2)22-14-13(21-3)15(18-8-17-14)23-12-6-5-10(7-11(12)16)24(4,19)20;1-8(2)21-13-12(16)14(18-7-17-13)22-11-5-4-9(6-10(11)15)23(3,19)20/h5-6,8H,1-4H3,(H,20,21,22);4-9H,1-2H3,(H,19,20);5-9H,1-4H3,(H,17,18,19);5-9H,1-4H3;4-8H,1-3H3. The van der Waals surface area contributed by atoms with Crippen LogP contribution in [0.3, 0.4) is 0 Å². The molecule has 0 amide bonds. The molecule has 0 aliphatic carbocycles. The van der Waals surface area contributed by atoms with Crippen molar-refractivity contribution in [3.63, 3.8) is 0 Å². The summed E-state index contributed by atoms with van der Waals surface area (Å²) in [6, 6.07) is 20.5. The number of nitriles is 1. The first-order valence-corrected chi connectivity index (χ1v) is 40.1. The van der Waals surface area contributed by atoms with Crippen molar-refractivity contribution in [1.29, 1.82) is 5.26 Å². The van der Waals surface area contributed by atoms with Gasteiger partial charge >= 0.3 is 0 Å². The first kappa shape index (κ1) is 92.0. The Bertz CT molecular complexity index is 5400. The number of methoxy groups -OCH3 is 2. The molecule has 5 heterocycles. The van der Waals surface area contributed by atoms with Crippen molar-refractivity contribution in [2.45, 2.75) is 128 Å². The zero-order valence-corrected chi connectivity index (χ0v) is 68.6. The van der Waals surface area contributed by atoms with Gasteiger partial charge in [-0.15, -0.1) is 0 Å². The maximum Gasteiger partial charge on any atom is 0.270 e. The third-order valence-electron chi connectivity index (χ3n) is 13.8. The molecule has 0 fully saturated rings. The molecule has 0 aliphatic rings. The smallest absolute Gasteiger partial charge is 0.270 e. The van der Waals surface area contributed by atoms with Gasteiger partial charge in [0.15, 0.2) is 64.2 Å². The molecule has 0 radical (unpaired) electrons. The van der Waals surface area contributed by atoms with E-state index in [0.717, 1.165) is 61.5 Å². The van der Waals surface area contributed by atoms with Gasteiger partial charge in [0.1, 0.15) is 48.4 Å². The third kappa shape index (κ3) is 27.5. The summed E-state index contributed by atoms with van der Waals surface area (Å²) in [4.78, 5) is 37.9. The second-order valence-electron chi connectivity index (χ2n) is 25.8. The van der Waals surface area contributed by atoms with Gasteiger partial charge in [0.2, 0.25) is 29.0 Å². The topological polar surface area (TPSA) is 366 Å². The zero-order valence-electron chi connectivity index (χ0n) is 64.6. The quantitative estimate of drug-likeness (QED) is 0.0373. The van der Waals surface area contributed by atoms with Gasteiger partial charge in [-0.2, -0.15) is 39.0 Å². The second-order valence-corrected chi connectivity index (χ2v) is 32.7.